The van der Waals surface area contributed by atoms with E-state index in [4.69, 9.17) is 0 Å². The van der Waals surface area contributed by atoms with Crippen LogP contribution in [0.15, 0.2) is 41.9 Å². The molecule has 1 aliphatic carbocycles. The first-order chi connectivity index (χ1) is 19.5. The van der Waals surface area contributed by atoms with E-state index in [1.165, 1.54) is 12.1 Å². The van der Waals surface area contributed by atoms with Crippen molar-refractivity contribution >= 4 is 11.8 Å². The molecule has 3 atom stereocenters. The van der Waals surface area contributed by atoms with Gasteiger partial charge in [0.25, 0.3) is 5.91 Å². The quantitative estimate of drug-likeness (QED) is 0.529. The molecule has 0 bridgehead atoms. The van der Waals surface area contributed by atoms with Crippen molar-refractivity contribution in [3.8, 4) is 0 Å². The summed E-state index contributed by atoms with van der Waals surface area (Å²) in [5, 5.41) is 17.9. The van der Waals surface area contributed by atoms with Gasteiger partial charge in [0.05, 0.1) is 29.1 Å². The average molecular weight is 572 g/mol. The molecule has 1 aromatic heterocycles. The summed E-state index contributed by atoms with van der Waals surface area (Å²) in [5.74, 6) is -0.337. The van der Waals surface area contributed by atoms with E-state index in [1.807, 2.05) is 16.5 Å². The number of likely N-dealkylation sites (tertiary alicyclic amines) is 2. The second-order valence-corrected chi connectivity index (χ2v) is 12.0. The summed E-state index contributed by atoms with van der Waals surface area (Å²) in [7, 11) is 0. The van der Waals surface area contributed by atoms with Gasteiger partial charge >= 0.3 is 6.18 Å². The Bertz CT molecular complexity index is 1370. The third-order valence-corrected chi connectivity index (χ3v) is 9.29. The van der Waals surface area contributed by atoms with Crippen LogP contribution in [0.3, 0.4) is 0 Å². The van der Waals surface area contributed by atoms with Crippen LogP contribution in [0.1, 0.15) is 91.0 Å². The van der Waals surface area contributed by atoms with Gasteiger partial charge < -0.3 is 20.2 Å². The fourth-order valence-electron chi connectivity index (χ4n) is 6.81. The summed E-state index contributed by atoms with van der Waals surface area (Å²) in [6.07, 6.45) is 1.06. The molecule has 2 amide bonds. The third-order valence-electron chi connectivity index (χ3n) is 9.29. The molecular formula is C30H36F3N5O3. The van der Waals surface area contributed by atoms with E-state index >= 15 is 0 Å². The summed E-state index contributed by atoms with van der Waals surface area (Å²) >= 11 is 0. The normalized spacial score (nSPS) is 25.6. The Hall–Kier alpha value is -3.50. The summed E-state index contributed by atoms with van der Waals surface area (Å²) in [5.41, 5.74) is 1.74. The van der Waals surface area contributed by atoms with Crippen LogP contribution < -0.4 is 5.32 Å². The number of carbonyl (C=O) groups excluding carboxylic acids is 2. The smallest absolute Gasteiger partial charge is 0.416 e. The van der Waals surface area contributed by atoms with Crippen LogP contribution in [0.2, 0.25) is 0 Å². The van der Waals surface area contributed by atoms with Crippen molar-refractivity contribution in [3.63, 3.8) is 0 Å². The zero-order valence-corrected chi connectivity index (χ0v) is 23.3. The highest BCUT2D eigenvalue weighted by molar-refractivity contribution is 5.95. The van der Waals surface area contributed by atoms with Crippen molar-refractivity contribution in [2.45, 2.75) is 76.0 Å². The molecule has 2 N–H and O–H groups in total. The van der Waals surface area contributed by atoms with Crippen LogP contribution in [0.5, 0.6) is 0 Å². The number of hydrogen-bond donors (Lipinski definition) is 2. The first-order valence-corrected chi connectivity index (χ1v) is 14.5. The van der Waals surface area contributed by atoms with Gasteiger partial charge in [-0.3, -0.25) is 14.3 Å². The van der Waals surface area contributed by atoms with Gasteiger partial charge in [-0.1, -0.05) is 25.1 Å². The lowest BCUT2D eigenvalue weighted by atomic mass is 9.93. The number of amides is 2. The number of halogens is 3. The molecular weight excluding hydrogens is 535 g/mol. The lowest BCUT2D eigenvalue weighted by Crippen LogP contribution is -2.49. The van der Waals surface area contributed by atoms with Crippen molar-refractivity contribution in [2.24, 2.45) is 5.92 Å². The molecule has 8 nitrogen and oxygen atoms in total. The zero-order valence-electron chi connectivity index (χ0n) is 23.3. The van der Waals surface area contributed by atoms with E-state index < -0.39 is 17.8 Å². The number of benzene rings is 1. The molecule has 0 spiro atoms. The number of aliphatic hydroxyl groups excluding tert-OH is 1. The molecule has 6 rings (SSSR count). The van der Waals surface area contributed by atoms with Crippen LogP contribution in [0.4, 0.5) is 13.2 Å². The van der Waals surface area contributed by atoms with E-state index in [1.54, 1.807) is 24.1 Å². The van der Waals surface area contributed by atoms with Gasteiger partial charge in [-0.2, -0.15) is 18.3 Å². The SMILES string of the molecule is CC1=C(O)C(C)[C@@H](C(=O)N2CCC(n3ncc(C(=O)N4CC[C@@H](c5ccccc5C(F)(F)F)C4)c3C3CC3)CC2)N1. The number of nitrogens with one attached hydrogen (secondary N) is 1. The number of rotatable bonds is 5. The zero-order chi connectivity index (χ0) is 29.1. The Morgan fingerprint density at radius 2 is 1.68 bits per heavy atom. The van der Waals surface area contributed by atoms with Crippen molar-refractivity contribution in [3.05, 3.63) is 64.3 Å². The van der Waals surface area contributed by atoms with Gasteiger partial charge in [0.15, 0.2) is 0 Å². The van der Waals surface area contributed by atoms with E-state index in [2.05, 4.69) is 10.4 Å². The molecule has 2 saturated heterocycles. The molecule has 0 radical (unpaired) electrons. The Morgan fingerprint density at radius 1 is 1.00 bits per heavy atom. The predicted octanol–water partition coefficient (Wildman–Crippen LogP) is 4.97. The number of hydrogen-bond acceptors (Lipinski definition) is 5. The van der Waals surface area contributed by atoms with Crippen molar-refractivity contribution < 1.29 is 27.9 Å². The van der Waals surface area contributed by atoms with Crippen LogP contribution in [0, 0.1) is 5.92 Å². The average Bonchev–Trinajstić information content (AvgIpc) is 3.40. The van der Waals surface area contributed by atoms with Crippen LogP contribution in [0.25, 0.3) is 0 Å². The minimum atomic E-state index is -4.43. The van der Waals surface area contributed by atoms with E-state index in [-0.39, 0.29) is 53.5 Å². The van der Waals surface area contributed by atoms with Crippen molar-refractivity contribution in [1.29, 1.82) is 0 Å². The molecule has 3 fully saturated rings. The lowest BCUT2D eigenvalue weighted by molar-refractivity contribution is -0.138. The van der Waals surface area contributed by atoms with Gasteiger partial charge in [0, 0.05) is 49.6 Å². The maximum Gasteiger partial charge on any atom is 0.416 e. The molecule has 41 heavy (non-hydrogen) atoms. The highest BCUT2D eigenvalue weighted by Crippen LogP contribution is 2.44. The molecule has 1 saturated carbocycles. The second kappa shape index (κ2) is 10.4. The fourth-order valence-corrected chi connectivity index (χ4v) is 6.81. The van der Waals surface area contributed by atoms with Crippen molar-refractivity contribution in [1.82, 2.24) is 24.9 Å². The minimum Gasteiger partial charge on any atom is -0.510 e. The van der Waals surface area contributed by atoms with E-state index in [0.717, 1.165) is 24.6 Å². The number of nitrogens with zero attached hydrogens (tertiary/aromatic N) is 4. The number of alkyl halides is 3. The van der Waals surface area contributed by atoms with Gasteiger partial charge in [0.1, 0.15) is 11.8 Å². The maximum atomic E-state index is 13.7. The number of aliphatic hydroxyl groups is 1. The number of piperidine rings is 1. The maximum absolute atomic E-state index is 13.7. The van der Waals surface area contributed by atoms with Crippen molar-refractivity contribution in [2.75, 3.05) is 26.2 Å². The number of aromatic nitrogens is 2. The summed E-state index contributed by atoms with van der Waals surface area (Å²) in [6.45, 7) is 5.39. The Labute approximate surface area is 237 Å². The van der Waals surface area contributed by atoms with Crippen LogP contribution >= 0.6 is 0 Å². The number of allylic oxidation sites excluding steroid dienone is 1. The Kier molecular flexibility index (Phi) is 7.02. The summed E-state index contributed by atoms with van der Waals surface area (Å²) in [6, 6.07) is 5.25. The van der Waals surface area contributed by atoms with E-state index in [9.17, 15) is 27.9 Å². The van der Waals surface area contributed by atoms with Gasteiger partial charge in [-0.25, -0.2) is 0 Å². The second-order valence-electron chi connectivity index (χ2n) is 12.0. The topological polar surface area (TPSA) is 90.7 Å². The molecule has 4 aliphatic rings. The molecule has 11 heteroatoms. The lowest BCUT2D eigenvalue weighted by Gasteiger charge is -2.35. The molecule has 2 aromatic rings. The summed E-state index contributed by atoms with van der Waals surface area (Å²) < 4.78 is 42.8. The largest absolute Gasteiger partial charge is 0.510 e. The Balaban J connectivity index is 1.14. The van der Waals surface area contributed by atoms with Gasteiger partial charge in [-0.15, -0.1) is 0 Å². The minimum absolute atomic E-state index is 0.0196. The predicted molar refractivity (Wildman–Crippen MR) is 145 cm³/mol. The monoisotopic (exact) mass is 571 g/mol. The first-order valence-electron chi connectivity index (χ1n) is 14.5. The van der Waals surface area contributed by atoms with E-state index in [0.29, 0.717) is 50.2 Å². The van der Waals surface area contributed by atoms with Gasteiger partial charge in [-0.05, 0) is 50.7 Å². The van der Waals surface area contributed by atoms with Gasteiger partial charge in [0.2, 0.25) is 5.91 Å². The van der Waals surface area contributed by atoms with Crippen LogP contribution in [-0.4, -0.2) is 68.7 Å². The Morgan fingerprint density at radius 3 is 2.32 bits per heavy atom. The molecule has 4 heterocycles. The number of carbonyl (C=O) groups is 2. The fraction of sp³-hybridized carbons (Fsp3) is 0.567. The highest BCUT2D eigenvalue weighted by Gasteiger charge is 2.42. The molecule has 1 aromatic carbocycles. The van der Waals surface area contributed by atoms with Crippen LogP contribution in [-0.2, 0) is 11.0 Å². The standard InChI is InChI=1S/C30H36F3N5O3/c1-17-25(35-18(2)27(17)39)29(41)36-13-10-21(11-14-36)38-26(19-7-8-19)23(15-34-38)28(40)37-12-9-20(16-37)22-5-3-4-6-24(22)30(31,32)33/h3-6,15,17,19-21,25,35,39H,7-14,16H2,1-2H3/t17?,20-,25+/m1/s1. The third kappa shape index (κ3) is 5.08. The summed E-state index contributed by atoms with van der Waals surface area (Å²) in [4.78, 5) is 30.4. The first kappa shape index (κ1) is 27.7. The molecule has 220 valence electrons. The highest BCUT2D eigenvalue weighted by atomic mass is 19.4. The molecule has 3 aliphatic heterocycles. The molecule has 1 unspecified atom stereocenters.